The zero-order valence-electron chi connectivity index (χ0n) is 14.8. The molecular weight excluding hydrogens is 276 g/mol. The summed E-state index contributed by atoms with van der Waals surface area (Å²) in [6.45, 7) is 9.17. The zero-order chi connectivity index (χ0) is 16.2. The maximum Gasteiger partial charge on any atom is 0.407 e. The summed E-state index contributed by atoms with van der Waals surface area (Å²) < 4.78 is 5.38. The minimum Gasteiger partial charge on any atom is -0.444 e. The number of nitrogens with one attached hydrogen (secondary N) is 2. The van der Waals surface area contributed by atoms with E-state index in [9.17, 15) is 4.79 Å². The molecule has 2 saturated carbocycles. The summed E-state index contributed by atoms with van der Waals surface area (Å²) in [4.78, 5) is 11.9. The molecule has 0 aromatic heterocycles. The molecule has 0 aromatic carbocycles. The molecule has 0 saturated heterocycles. The number of rotatable bonds is 4. The molecule has 1 amide bonds. The van der Waals surface area contributed by atoms with E-state index < -0.39 is 5.60 Å². The van der Waals surface area contributed by atoms with Gasteiger partial charge >= 0.3 is 6.09 Å². The van der Waals surface area contributed by atoms with E-state index in [1.54, 1.807) is 0 Å². The third-order valence-corrected chi connectivity index (χ3v) is 5.02. The van der Waals surface area contributed by atoms with Crippen molar-refractivity contribution >= 4 is 6.09 Å². The molecule has 2 aliphatic rings. The Bertz CT molecular complexity index is 357. The van der Waals surface area contributed by atoms with Crippen LogP contribution in [0.15, 0.2) is 0 Å². The Morgan fingerprint density at radius 2 is 1.68 bits per heavy atom. The normalized spacial score (nSPS) is 32.7. The molecule has 2 rings (SSSR count). The molecule has 2 fully saturated rings. The lowest BCUT2D eigenvalue weighted by atomic mass is 9.83. The third kappa shape index (κ3) is 5.79. The molecule has 4 nitrogen and oxygen atoms in total. The van der Waals surface area contributed by atoms with Crippen molar-refractivity contribution in [3.8, 4) is 0 Å². The van der Waals surface area contributed by atoms with Crippen molar-refractivity contribution < 1.29 is 9.53 Å². The predicted molar refractivity (Wildman–Crippen MR) is 89.9 cm³/mol. The van der Waals surface area contributed by atoms with E-state index in [1.165, 1.54) is 32.1 Å². The molecule has 128 valence electrons. The van der Waals surface area contributed by atoms with Crippen LogP contribution >= 0.6 is 0 Å². The molecule has 2 N–H and O–H groups in total. The van der Waals surface area contributed by atoms with Crippen LogP contribution in [-0.2, 0) is 4.74 Å². The molecule has 0 radical (unpaired) electrons. The first-order valence-electron chi connectivity index (χ1n) is 9.06. The molecular formula is C18H34N2O2. The highest BCUT2D eigenvalue weighted by Gasteiger charge is 2.30. The zero-order valence-corrected chi connectivity index (χ0v) is 14.8. The van der Waals surface area contributed by atoms with Crippen LogP contribution in [0.25, 0.3) is 0 Å². The lowest BCUT2D eigenvalue weighted by molar-refractivity contribution is 0.0497. The number of amides is 1. The quantitative estimate of drug-likeness (QED) is 0.829. The minimum absolute atomic E-state index is 0.220. The number of alkyl carbamates (subject to hydrolysis) is 1. The molecule has 2 atom stereocenters. The van der Waals surface area contributed by atoms with Gasteiger partial charge in [0.2, 0.25) is 0 Å². The average Bonchev–Trinajstić information content (AvgIpc) is 2.83. The number of hydrogen-bond donors (Lipinski definition) is 2. The van der Waals surface area contributed by atoms with Crippen LogP contribution in [-0.4, -0.2) is 30.3 Å². The van der Waals surface area contributed by atoms with E-state index >= 15 is 0 Å². The van der Waals surface area contributed by atoms with Crippen LogP contribution in [0.4, 0.5) is 4.79 Å². The predicted octanol–water partition coefficient (Wildman–Crippen LogP) is 3.85. The van der Waals surface area contributed by atoms with Crippen molar-refractivity contribution in [3.05, 3.63) is 0 Å². The molecule has 4 heteroatoms. The Balaban J connectivity index is 1.72. The number of carbonyl (C=O) groups excluding carboxylic acids is 1. The van der Waals surface area contributed by atoms with Crippen LogP contribution in [0.3, 0.4) is 0 Å². The van der Waals surface area contributed by atoms with Crippen LogP contribution in [0.1, 0.15) is 72.6 Å². The van der Waals surface area contributed by atoms with Gasteiger partial charge < -0.3 is 15.4 Å². The van der Waals surface area contributed by atoms with Crippen LogP contribution in [0.5, 0.6) is 0 Å². The molecule has 0 heterocycles. The minimum atomic E-state index is -0.426. The maximum absolute atomic E-state index is 11.9. The van der Waals surface area contributed by atoms with Crippen molar-refractivity contribution in [2.24, 2.45) is 11.8 Å². The molecule has 0 spiro atoms. The molecule has 0 bridgehead atoms. The first-order valence-corrected chi connectivity index (χ1v) is 9.06. The summed E-state index contributed by atoms with van der Waals surface area (Å²) in [5, 5.41) is 6.77. The van der Waals surface area contributed by atoms with E-state index in [0.29, 0.717) is 6.04 Å². The first-order chi connectivity index (χ1) is 10.3. The highest BCUT2D eigenvalue weighted by molar-refractivity contribution is 5.68. The van der Waals surface area contributed by atoms with Gasteiger partial charge in [-0.25, -0.2) is 4.79 Å². The van der Waals surface area contributed by atoms with E-state index in [0.717, 1.165) is 31.2 Å². The topological polar surface area (TPSA) is 50.4 Å². The summed E-state index contributed by atoms with van der Waals surface area (Å²) >= 11 is 0. The van der Waals surface area contributed by atoms with E-state index in [1.807, 2.05) is 20.8 Å². The fourth-order valence-electron chi connectivity index (χ4n) is 3.69. The Morgan fingerprint density at radius 3 is 2.32 bits per heavy atom. The van der Waals surface area contributed by atoms with Crippen molar-refractivity contribution in [2.75, 3.05) is 6.54 Å². The number of carbonyl (C=O) groups is 1. The Labute approximate surface area is 135 Å². The lowest BCUT2D eigenvalue weighted by Crippen LogP contribution is -2.49. The maximum atomic E-state index is 11.9. The van der Waals surface area contributed by atoms with Gasteiger partial charge in [0.15, 0.2) is 0 Å². The van der Waals surface area contributed by atoms with Gasteiger partial charge in [-0.2, -0.15) is 0 Å². The largest absolute Gasteiger partial charge is 0.444 e. The van der Waals surface area contributed by atoms with Gasteiger partial charge in [0.05, 0.1) is 0 Å². The summed E-state index contributed by atoms with van der Waals surface area (Å²) in [5.41, 5.74) is -0.426. The second kappa shape index (κ2) is 7.67. The molecule has 0 aliphatic heterocycles. The highest BCUT2D eigenvalue weighted by Crippen LogP contribution is 2.28. The summed E-state index contributed by atoms with van der Waals surface area (Å²) in [7, 11) is 0. The van der Waals surface area contributed by atoms with Gasteiger partial charge in [0.1, 0.15) is 5.60 Å². The van der Waals surface area contributed by atoms with E-state index in [2.05, 4.69) is 17.6 Å². The molecule has 2 unspecified atom stereocenters. The lowest BCUT2D eigenvalue weighted by Gasteiger charge is -2.29. The Hall–Kier alpha value is -0.770. The monoisotopic (exact) mass is 310 g/mol. The van der Waals surface area contributed by atoms with Crippen LogP contribution in [0.2, 0.25) is 0 Å². The number of hydrogen-bond acceptors (Lipinski definition) is 3. The van der Waals surface area contributed by atoms with E-state index in [4.69, 9.17) is 4.74 Å². The SMILES string of the molecule is CC1CCC(CNC2CCCC2NC(=O)OC(C)(C)C)CC1. The average molecular weight is 310 g/mol. The standard InChI is InChI=1S/C18H34N2O2/c1-13-8-10-14(11-9-13)12-19-15-6-5-7-16(15)20-17(21)22-18(2,3)4/h13-16,19H,5-12H2,1-4H3,(H,20,21). The summed E-state index contributed by atoms with van der Waals surface area (Å²) in [5.74, 6) is 1.73. The van der Waals surface area contributed by atoms with Gasteiger partial charge in [-0.05, 0) is 71.3 Å². The highest BCUT2D eigenvalue weighted by atomic mass is 16.6. The fraction of sp³-hybridized carbons (Fsp3) is 0.944. The fourth-order valence-corrected chi connectivity index (χ4v) is 3.69. The molecule has 22 heavy (non-hydrogen) atoms. The Kier molecular flexibility index (Phi) is 6.13. The second-order valence-corrected chi connectivity index (χ2v) is 8.32. The van der Waals surface area contributed by atoms with Crippen molar-refractivity contribution in [1.82, 2.24) is 10.6 Å². The summed E-state index contributed by atoms with van der Waals surface area (Å²) in [6.07, 6.45) is 8.56. The van der Waals surface area contributed by atoms with Crippen LogP contribution in [0, 0.1) is 11.8 Å². The number of ether oxygens (including phenoxy) is 1. The Morgan fingerprint density at radius 1 is 1.05 bits per heavy atom. The second-order valence-electron chi connectivity index (χ2n) is 8.32. The van der Waals surface area contributed by atoms with Gasteiger partial charge in [-0.1, -0.05) is 19.8 Å². The summed E-state index contributed by atoms with van der Waals surface area (Å²) in [6, 6.07) is 0.629. The molecule has 0 aromatic rings. The van der Waals surface area contributed by atoms with Gasteiger partial charge in [-0.15, -0.1) is 0 Å². The van der Waals surface area contributed by atoms with Gasteiger partial charge in [0.25, 0.3) is 0 Å². The smallest absolute Gasteiger partial charge is 0.407 e. The van der Waals surface area contributed by atoms with Crippen molar-refractivity contribution in [2.45, 2.75) is 90.3 Å². The van der Waals surface area contributed by atoms with E-state index in [-0.39, 0.29) is 12.1 Å². The van der Waals surface area contributed by atoms with Gasteiger partial charge in [-0.3, -0.25) is 0 Å². The van der Waals surface area contributed by atoms with Crippen LogP contribution < -0.4 is 10.6 Å². The van der Waals surface area contributed by atoms with Crippen molar-refractivity contribution in [3.63, 3.8) is 0 Å². The van der Waals surface area contributed by atoms with Gasteiger partial charge in [0, 0.05) is 12.1 Å². The molecule has 2 aliphatic carbocycles. The first kappa shape index (κ1) is 17.6. The van der Waals surface area contributed by atoms with Crippen molar-refractivity contribution in [1.29, 1.82) is 0 Å². The third-order valence-electron chi connectivity index (χ3n) is 5.02.